The van der Waals surface area contributed by atoms with E-state index in [0.29, 0.717) is 0 Å². The minimum absolute atomic E-state index is 0.926. The van der Waals surface area contributed by atoms with Crippen LogP contribution < -0.4 is 0 Å². The summed E-state index contributed by atoms with van der Waals surface area (Å²) in [6, 6.07) is 4.11. The summed E-state index contributed by atoms with van der Waals surface area (Å²) in [5.41, 5.74) is 4.44. The van der Waals surface area contributed by atoms with Crippen molar-refractivity contribution in [3.05, 3.63) is 23.3 Å². The van der Waals surface area contributed by atoms with E-state index in [0.717, 1.165) is 11.0 Å². The molecule has 0 spiro atoms. The molecular weight excluding hydrogens is 218 g/mol. The predicted octanol–water partition coefficient (Wildman–Crippen LogP) is 2.21. The fraction of sp³-hybridized carbons (Fsp3) is 0.250. The van der Waals surface area contributed by atoms with Crippen LogP contribution in [0.3, 0.4) is 0 Å². The van der Waals surface area contributed by atoms with E-state index >= 15 is 0 Å². The summed E-state index contributed by atoms with van der Waals surface area (Å²) < 4.78 is 1.61. The third-order valence-electron chi connectivity index (χ3n) is 2.02. The molecule has 0 fully saturated rings. The largest absolute Gasteiger partial charge is 0.177 e. The first kappa shape index (κ1) is 7.73. The van der Waals surface area contributed by atoms with Crippen molar-refractivity contribution in [2.75, 3.05) is 0 Å². The van der Waals surface area contributed by atoms with Crippen LogP contribution in [0.5, 0.6) is 0 Å². The molecule has 0 N–H and O–H groups in total. The molecular formula is C8H8BrN3. The molecule has 0 aliphatic rings. The molecule has 0 aliphatic heterocycles. The highest BCUT2D eigenvalue weighted by Crippen LogP contribution is 2.17. The number of aryl methyl sites for hydroxylation is 2. The normalized spacial score (nSPS) is 10.9. The molecule has 1 aromatic carbocycles. The fourth-order valence-corrected chi connectivity index (χ4v) is 1.50. The van der Waals surface area contributed by atoms with Crippen LogP contribution in [0.2, 0.25) is 0 Å². The van der Waals surface area contributed by atoms with Gasteiger partial charge in [0.2, 0.25) is 0 Å². The summed E-state index contributed by atoms with van der Waals surface area (Å²) in [5, 5.41) is 7.85. The van der Waals surface area contributed by atoms with Crippen molar-refractivity contribution < 1.29 is 0 Å². The second kappa shape index (κ2) is 2.55. The van der Waals surface area contributed by atoms with Gasteiger partial charge in [-0.15, -0.1) is 5.10 Å². The van der Waals surface area contributed by atoms with Gasteiger partial charge in [-0.1, -0.05) is 5.21 Å². The van der Waals surface area contributed by atoms with Crippen LogP contribution in [-0.4, -0.2) is 14.0 Å². The van der Waals surface area contributed by atoms with Gasteiger partial charge >= 0.3 is 0 Å². The molecule has 0 aliphatic carbocycles. The standard InChI is InChI=1S/C8H8BrN3/c1-5-3-7-8(4-6(5)2)12(9)11-10-7/h3-4H,1-2H3. The van der Waals surface area contributed by atoms with Crippen molar-refractivity contribution in [2.24, 2.45) is 0 Å². The third-order valence-corrected chi connectivity index (χ3v) is 2.54. The molecule has 0 bridgehead atoms. The van der Waals surface area contributed by atoms with Crippen molar-refractivity contribution in [3.8, 4) is 0 Å². The number of halogens is 1. The van der Waals surface area contributed by atoms with Gasteiger partial charge < -0.3 is 0 Å². The van der Waals surface area contributed by atoms with Crippen LogP contribution in [0, 0.1) is 13.8 Å². The maximum Gasteiger partial charge on any atom is 0.114 e. The zero-order valence-corrected chi connectivity index (χ0v) is 8.46. The number of nitrogens with zero attached hydrogens (tertiary/aromatic N) is 3. The smallest absolute Gasteiger partial charge is 0.114 e. The average Bonchev–Trinajstić information content (AvgIpc) is 2.35. The number of fused-ring (bicyclic) bond motifs is 1. The minimum Gasteiger partial charge on any atom is -0.177 e. The molecule has 0 saturated heterocycles. The molecule has 1 heterocycles. The highest BCUT2D eigenvalue weighted by atomic mass is 79.9. The number of aromatic nitrogens is 3. The van der Waals surface area contributed by atoms with Crippen molar-refractivity contribution in [1.29, 1.82) is 0 Å². The maximum absolute atomic E-state index is 3.99. The van der Waals surface area contributed by atoms with Gasteiger partial charge in [-0.3, -0.25) is 0 Å². The summed E-state index contributed by atoms with van der Waals surface area (Å²) >= 11 is 3.27. The molecule has 62 valence electrons. The van der Waals surface area contributed by atoms with Gasteiger partial charge in [0.15, 0.2) is 0 Å². The Hall–Kier alpha value is -0.900. The van der Waals surface area contributed by atoms with E-state index in [1.807, 2.05) is 6.07 Å². The molecule has 1 aromatic heterocycles. The van der Waals surface area contributed by atoms with Crippen molar-refractivity contribution >= 4 is 27.2 Å². The molecule has 12 heavy (non-hydrogen) atoms. The van der Waals surface area contributed by atoms with Crippen molar-refractivity contribution in [3.63, 3.8) is 0 Å². The Morgan fingerprint density at radius 3 is 2.67 bits per heavy atom. The number of benzene rings is 1. The second-order valence-corrected chi connectivity index (χ2v) is 3.55. The first-order valence-electron chi connectivity index (χ1n) is 3.67. The molecule has 3 nitrogen and oxygen atoms in total. The molecule has 4 heteroatoms. The van der Waals surface area contributed by atoms with Crippen molar-refractivity contribution in [2.45, 2.75) is 13.8 Å². The summed E-state index contributed by atoms with van der Waals surface area (Å²) in [5.74, 6) is 0. The zero-order chi connectivity index (χ0) is 8.72. The molecule has 2 rings (SSSR count). The molecule has 0 saturated carbocycles. The van der Waals surface area contributed by atoms with Crippen LogP contribution in [-0.2, 0) is 0 Å². The molecule has 0 unspecified atom stereocenters. The minimum atomic E-state index is 0.926. The molecule has 2 aromatic rings. The van der Waals surface area contributed by atoms with E-state index in [4.69, 9.17) is 0 Å². The van der Waals surface area contributed by atoms with E-state index in [9.17, 15) is 0 Å². The van der Waals surface area contributed by atoms with Gasteiger partial charge in [-0.05, 0) is 37.1 Å². The van der Waals surface area contributed by atoms with Gasteiger partial charge in [0.05, 0.1) is 16.1 Å². The summed E-state index contributed by atoms with van der Waals surface area (Å²) in [6.07, 6.45) is 0. The number of hydrogen-bond donors (Lipinski definition) is 0. The lowest BCUT2D eigenvalue weighted by atomic mass is 10.1. The van der Waals surface area contributed by atoms with Gasteiger partial charge in [-0.25, -0.2) is 0 Å². The first-order valence-corrected chi connectivity index (χ1v) is 4.38. The van der Waals surface area contributed by atoms with Crippen molar-refractivity contribution in [1.82, 2.24) is 14.0 Å². The average molecular weight is 226 g/mol. The van der Waals surface area contributed by atoms with Crippen LogP contribution in [0.15, 0.2) is 12.1 Å². The second-order valence-electron chi connectivity index (χ2n) is 2.87. The fourth-order valence-electron chi connectivity index (χ4n) is 1.15. The summed E-state index contributed by atoms with van der Waals surface area (Å²) in [6.45, 7) is 4.15. The Balaban J connectivity index is 2.87. The van der Waals surface area contributed by atoms with Gasteiger partial charge in [0.25, 0.3) is 0 Å². The monoisotopic (exact) mass is 225 g/mol. The van der Waals surface area contributed by atoms with Crippen LogP contribution >= 0.6 is 16.1 Å². The third kappa shape index (κ3) is 1.03. The quantitative estimate of drug-likeness (QED) is 0.689. The SMILES string of the molecule is Cc1cc2nnn(Br)c2cc1C. The van der Waals surface area contributed by atoms with Crippen LogP contribution in [0.4, 0.5) is 0 Å². The highest BCUT2D eigenvalue weighted by Gasteiger charge is 2.03. The number of rotatable bonds is 0. The van der Waals surface area contributed by atoms with E-state index in [1.165, 1.54) is 11.1 Å². The highest BCUT2D eigenvalue weighted by molar-refractivity contribution is 9.08. The Kier molecular flexibility index (Phi) is 1.65. The topological polar surface area (TPSA) is 30.7 Å². The lowest BCUT2D eigenvalue weighted by molar-refractivity contribution is 0.924. The summed E-state index contributed by atoms with van der Waals surface area (Å²) in [4.78, 5) is 0. The molecule has 0 radical (unpaired) electrons. The lowest BCUT2D eigenvalue weighted by Crippen LogP contribution is -1.83. The van der Waals surface area contributed by atoms with Crippen LogP contribution in [0.1, 0.15) is 11.1 Å². The van der Waals surface area contributed by atoms with E-state index in [-0.39, 0.29) is 0 Å². The first-order chi connectivity index (χ1) is 5.68. The zero-order valence-electron chi connectivity index (χ0n) is 6.87. The van der Waals surface area contributed by atoms with Gasteiger partial charge in [-0.2, -0.15) is 3.71 Å². The number of hydrogen-bond acceptors (Lipinski definition) is 2. The molecule has 0 atom stereocenters. The predicted molar refractivity (Wildman–Crippen MR) is 51.3 cm³/mol. The van der Waals surface area contributed by atoms with E-state index in [2.05, 4.69) is 46.4 Å². The maximum atomic E-state index is 3.99. The summed E-state index contributed by atoms with van der Waals surface area (Å²) in [7, 11) is 0. The molecule has 0 amide bonds. The van der Waals surface area contributed by atoms with Gasteiger partial charge in [0, 0.05) is 0 Å². The Morgan fingerprint density at radius 2 is 1.92 bits per heavy atom. The Bertz CT molecular complexity index is 433. The Morgan fingerprint density at radius 1 is 1.25 bits per heavy atom. The van der Waals surface area contributed by atoms with Crippen LogP contribution in [0.25, 0.3) is 11.0 Å². The lowest BCUT2D eigenvalue weighted by Gasteiger charge is -1.97. The Labute approximate surface area is 78.7 Å². The van der Waals surface area contributed by atoms with E-state index in [1.54, 1.807) is 3.71 Å². The van der Waals surface area contributed by atoms with E-state index < -0.39 is 0 Å². The van der Waals surface area contributed by atoms with Gasteiger partial charge in [0.1, 0.15) is 11.0 Å².